The van der Waals surface area contributed by atoms with E-state index in [9.17, 15) is 4.79 Å². The lowest BCUT2D eigenvalue weighted by atomic mass is 9.89. The van der Waals surface area contributed by atoms with Crippen molar-refractivity contribution < 1.29 is 14.3 Å². The molecule has 0 aromatic carbocycles. The molecule has 3 heteroatoms. The molecule has 1 saturated carbocycles. The van der Waals surface area contributed by atoms with E-state index in [1.807, 2.05) is 19.9 Å². The molecule has 1 aliphatic heterocycles. The van der Waals surface area contributed by atoms with Gasteiger partial charge in [0, 0.05) is 5.57 Å². The van der Waals surface area contributed by atoms with Crippen molar-refractivity contribution in [2.45, 2.75) is 76.9 Å². The fraction of sp³-hybridized carbons (Fsp3) is 0.812. The van der Waals surface area contributed by atoms with Crippen LogP contribution < -0.4 is 0 Å². The second-order valence-corrected chi connectivity index (χ2v) is 5.87. The van der Waals surface area contributed by atoms with Crippen LogP contribution in [0.1, 0.15) is 65.2 Å². The van der Waals surface area contributed by atoms with Crippen molar-refractivity contribution >= 4 is 5.97 Å². The number of carbonyl (C=O) groups is 1. The summed E-state index contributed by atoms with van der Waals surface area (Å²) in [4.78, 5) is 11.5. The summed E-state index contributed by atoms with van der Waals surface area (Å²) in [5.74, 6) is -0.200. The molecule has 0 bridgehead atoms. The molecule has 0 aromatic rings. The summed E-state index contributed by atoms with van der Waals surface area (Å²) in [6.07, 6.45) is 11.8. The van der Waals surface area contributed by atoms with Crippen LogP contribution in [-0.2, 0) is 14.3 Å². The first-order chi connectivity index (χ1) is 9.15. The molecule has 1 atom stereocenters. The second kappa shape index (κ2) is 6.56. The molecule has 0 N–H and O–H groups in total. The maximum Gasteiger partial charge on any atom is 0.333 e. The lowest BCUT2D eigenvalue weighted by Gasteiger charge is -2.38. The Bertz CT molecular complexity index is 340. The van der Waals surface area contributed by atoms with E-state index in [1.165, 1.54) is 38.5 Å². The quantitative estimate of drug-likeness (QED) is 0.574. The van der Waals surface area contributed by atoms with E-state index in [-0.39, 0.29) is 17.7 Å². The van der Waals surface area contributed by atoms with E-state index in [0.29, 0.717) is 12.2 Å². The van der Waals surface area contributed by atoms with Crippen molar-refractivity contribution in [3.8, 4) is 0 Å². The van der Waals surface area contributed by atoms with Gasteiger partial charge >= 0.3 is 5.97 Å². The summed E-state index contributed by atoms with van der Waals surface area (Å²) in [6, 6.07) is 0. The van der Waals surface area contributed by atoms with Gasteiger partial charge in [0.25, 0.3) is 0 Å². The lowest BCUT2D eigenvalue weighted by Crippen LogP contribution is -2.38. The van der Waals surface area contributed by atoms with Gasteiger partial charge in [-0.1, -0.05) is 18.9 Å². The fourth-order valence-electron chi connectivity index (χ4n) is 3.31. The Balaban J connectivity index is 1.85. The highest BCUT2D eigenvalue weighted by Gasteiger charge is 2.39. The van der Waals surface area contributed by atoms with Crippen LogP contribution in [-0.4, -0.2) is 24.3 Å². The first-order valence-electron chi connectivity index (χ1n) is 7.67. The van der Waals surface area contributed by atoms with Gasteiger partial charge in [-0.05, 0) is 52.4 Å². The minimum Gasteiger partial charge on any atom is -0.463 e. The second-order valence-electron chi connectivity index (χ2n) is 5.87. The zero-order valence-corrected chi connectivity index (χ0v) is 12.2. The summed E-state index contributed by atoms with van der Waals surface area (Å²) in [6.45, 7) is 4.10. The van der Waals surface area contributed by atoms with Crippen molar-refractivity contribution in [1.82, 2.24) is 0 Å². The molecule has 19 heavy (non-hydrogen) atoms. The minimum atomic E-state index is -0.200. The first-order valence-corrected chi connectivity index (χ1v) is 7.67. The Morgan fingerprint density at radius 1 is 1.32 bits per heavy atom. The average molecular weight is 266 g/mol. The number of ether oxygens (including phenoxy) is 2. The van der Waals surface area contributed by atoms with E-state index in [2.05, 4.69) is 0 Å². The summed E-state index contributed by atoms with van der Waals surface area (Å²) in [5.41, 5.74) is 0.880. The Kier molecular flexibility index (Phi) is 5.03. The summed E-state index contributed by atoms with van der Waals surface area (Å²) >= 11 is 0. The molecule has 2 rings (SSSR count). The van der Waals surface area contributed by atoms with Gasteiger partial charge in [-0.3, -0.25) is 0 Å². The number of hydrogen-bond acceptors (Lipinski definition) is 3. The predicted molar refractivity (Wildman–Crippen MR) is 74.9 cm³/mol. The molecule has 1 spiro atoms. The van der Waals surface area contributed by atoms with Gasteiger partial charge in [-0.2, -0.15) is 0 Å². The Labute approximate surface area is 116 Å². The number of carbonyl (C=O) groups excluding carboxylic acids is 1. The number of rotatable bonds is 4. The normalized spacial score (nSPS) is 26.6. The molecule has 2 aliphatic rings. The Hall–Kier alpha value is -0.830. The summed E-state index contributed by atoms with van der Waals surface area (Å²) < 4.78 is 11.3. The average Bonchev–Trinajstić information content (AvgIpc) is 2.84. The third kappa shape index (κ3) is 3.82. The van der Waals surface area contributed by atoms with Gasteiger partial charge in [0.05, 0.1) is 18.3 Å². The Morgan fingerprint density at radius 3 is 2.68 bits per heavy atom. The van der Waals surface area contributed by atoms with Crippen LogP contribution in [0.25, 0.3) is 0 Å². The summed E-state index contributed by atoms with van der Waals surface area (Å²) in [5, 5.41) is 0. The highest BCUT2D eigenvalue weighted by atomic mass is 16.5. The zero-order valence-electron chi connectivity index (χ0n) is 12.2. The lowest BCUT2D eigenvalue weighted by molar-refractivity contribution is -0.138. The van der Waals surface area contributed by atoms with Gasteiger partial charge in [-0.15, -0.1) is 0 Å². The SMILES string of the molecule is CCOC(=O)/C(C)=C/CC1CCCC2(CCCC2)O1. The zero-order chi connectivity index (χ0) is 13.7. The molecule has 108 valence electrons. The van der Waals surface area contributed by atoms with E-state index in [4.69, 9.17) is 9.47 Å². The third-order valence-corrected chi connectivity index (χ3v) is 4.37. The Morgan fingerprint density at radius 2 is 2.00 bits per heavy atom. The van der Waals surface area contributed by atoms with E-state index >= 15 is 0 Å². The molecular formula is C16H26O3. The van der Waals surface area contributed by atoms with E-state index in [0.717, 1.165) is 12.8 Å². The van der Waals surface area contributed by atoms with Gasteiger partial charge < -0.3 is 9.47 Å². The maximum absolute atomic E-state index is 11.5. The van der Waals surface area contributed by atoms with Crippen LogP contribution in [0, 0.1) is 0 Å². The molecule has 1 unspecified atom stereocenters. The molecule has 2 fully saturated rings. The van der Waals surface area contributed by atoms with E-state index < -0.39 is 0 Å². The van der Waals surface area contributed by atoms with Gasteiger partial charge in [-0.25, -0.2) is 4.79 Å². The highest BCUT2D eigenvalue weighted by molar-refractivity contribution is 5.87. The monoisotopic (exact) mass is 266 g/mol. The summed E-state index contributed by atoms with van der Waals surface area (Å²) in [7, 11) is 0. The number of esters is 1. The van der Waals surface area contributed by atoms with Crippen LogP contribution in [0.3, 0.4) is 0 Å². The minimum absolute atomic E-state index is 0.175. The predicted octanol–water partition coefficient (Wildman–Crippen LogP) is 3.77. The topological polar surface area (TPSA) is 35.5 Å². The van der Waals surface area contributed by atoms with Gasteiger partial charge in [0.15, 0.2) is 0 Å². The molecular weight excluding hydrogens is 240 g/mol. The van der Waals surface area contributed by atoms with Gasteiger partial charge in [0.2, 0.25) is 0 Å². The van der Waals surface area contributed by atoms with Crippen LogP contribution in [0.4, 0.5) is 0 Å². The van der Waals surface area contributed by atoms with Crippen molar-refractivity contribution in [2.75, 3.05) is 6.61 Å². The van der Waals surface area contributed by atoms with Crippen LogP contribution in [0.2, 0.25) is 0 Å². The van der Waals surface area contributed by atoms with Crippen molar-refractivity contribution in [2.24, 2.45) is 0 Å². The maximum atomic E-state index is 11.5. The first kappa shape index (κ1) is 14.6. The van der Waals surface area contributed by atoms with E-state index in [1.54, 1.807) is 0 Å². The largest absolute Gasteiger partial charge is 0.463 e. The molecule has 3 nitrogen and oxygen atoms in total. The third-order valence-electron chi connectivity index (χ3n) is 4.37. The fourth-order valence-corrected chi connectivity index (χ4v) is 3.31. The molecule has 1 aliphatic carbocycles. The molecule has 0 radical (unpaired) electrons. The van der Waals surface area contributed by atoms with Crippen molar-refractivity contribution in [1.29, 1.82) is 0 Å². The number of hydrogen-bond donors (Lipinski definition) is 0. The van der Waals surface area contributed by atoms with Crippen LogP contribution >= 0.6 is 0 Å². The van der Waals surface area contributed by atoms with Crippen molar-refractivity contribution in [3.63, 3.8) is 0 Å². The molecule has 0 aromatic heterocycles. The van der Waals surface area contributed by atoms with Crippen LogP contribution in [0.5, 0.6) is 0 Å². The van der Waals surface area contributed by atoms with Gasteiger partial charge in [0.1, 0.15) is 0 Å². The molecule has 1 saturated heterocycles. The highest BCUT2D eigenvalue weighted by Crippen LogP contribution is 2.42. The standard InChI is InChI=1S/C16H26O3/c1-3-18-15(17)13(2)8-9-14-7-6-12-16(19-14)10-4-5-11-16/h8,14H,3-7,9-12H2,1-2H3/b13-8+. The van der Waals surface area contributed by atoms with Crippen LogP contribution in [0.15, 0.2) is 11.6 Å². The molecule has 0 amide bonds. The smallest absolute Gasteiger partial charge is 0.333 e. The molecule has 1 heterocycles. The van der Waals surface area contributed by atoms with Crippen molar-refractivity contribution in [3.05, 3.63) is 11.6 Å².